The first-order chi connectivity index (χ1) is 8.60. The molecular weight excluding hydrogens is 236 g/mol. The lowest BCUT2D eigenvalue weighted by molar-refractivity contribution is -0.139. The fourth-order valence-corrected chi connectivity index (χ4v) is 2.15. The number of carboxylic acids is 1. The molecule has 0 bridgehead atoms. The van der Waals surface area contributed by atoms with Gasteiger partial charge in [-0.15, -0.1) is 0 Å². The van der Waals surface area contributed by atoms with E-state index in [1.54, 1.807) is 0 Å². The van der Waals surface area contributed by atoms with Crippen LogP contribution < -0.4 is 0 Å². The van der Waals surface area contributed by atoms with Crippen LogP contribution in [0, 0.1) is 5.41 Å². The van der Waals surface area contributed by atoms with Crippen molar-refractivity contribution in [2.45, 2.75) is 59.3 Å². The van der Waals surface area contributed by atoms with Crippen molar-refractivity contribution in [2.75, 3.05) is 0 Å². The van der Waals surface area contributed by atoms with Gasteiger partial charge in [0.25, 0.3) is 0 Å². The number of rotatable bonds is 5. The minimum atomic E-state index is -0.715. The lowest BCUT2D eigenvalue weighted by Crippen LogP contribution is -2.17. The molecule has 0 unspecified atom stereocenters. The molecule has 106 valence electrons. The average Bonchev–Trinajstić information content (AvgIpc) is 2.24. The number of carbonyl (C=O) groups is 1. The van der Waals surface area contributed by atoms with Crippen molar-refractivity contribution in [1.82, 2.24) is 0 Å². The average molecular weight is 262 g/mol. The van der Waals surface area contributed by atoms with Crippen LogP contribution in [0.3, 0.4) is 0 Å². The third kappa shape index (κ3) is 5.46. The molecule has 0 aliphatic carbocycles. The summed E-state index contributed by atoms with van der Waals surface area (Å²) in [5, 5.41) is 8.87. The molecule has 1 rings (SSSR count). The summed E-state index contributed by atoms with van der Waals surface area (Å²) in [6.45, 7) is 10.7. The molecule has 0 aliphatic heterocycles. The quantitative estimate of drug-likeness (QED) is 0.853. The van der Waals surface area contributed by atoms with Crippen LogP contribution in [0.15, 0.2) is 24.3 Å². The minimum Gasteiger partial charge on any atom is -0.481 e. The van der Waals surface area contributed by atoms with Gasteiger partial charge in [0.2, 0.25) is 0 Å². The molecule has 2 nitrogen and oxygen atoms in total. The molecule has 1 aromatic carbocycles. The predicted molar refractivity (Wildman–Crippen MR) is 79.5 cm³/mol. The maximum absolute atomic E-state index is 10.8. The predicted octanol–water partition coefficient (Wildman–Crippen LogP) is 4.42. The van der Waals surface area contributed by atoms with Crippen molar-refractivity contribution in [2.24, 2.45) is 5.41 Å². The molecule has 0 spiro atoms. The molecule has 0 radical (unpaired) electrons. The van der Waals surface area contributed by atoms with Gasteiger partial charge in [0.05, 0.1) is 6.42 Å². The van der Waals surface area contributed by atoms with Crippen LogP contribution in [-0.4, -0.2) is 11.1 Å². The van der Waals surface area contributed by atoms with Gasteiger partial charge in [0.15, 0.2) is 0 Å². The third-order valence-corrected chi connectivity index (χ3v) is 3.54. The van der Waals surface area contributed by atoms with E-state index in [9.17, 15) is 4.79 Å². The van der Waals surface area contributed by atoms with Crippen LogP contribution >= 0.6 is 0 Å². The number of aryl methyl sites for hydroxylation is 1. The molecule has 1 N–H and O–H groups in total. The van der Waals surface area contributed by atoms with Crippen LogP contribution in [0.1, 0.15) is 58.6 Å². The first kappa shape index (κ1) is 15.7. The van der Waals surface area contributed by atoms with Crippen molar-refractivity contribution in [1.29, 1.82) is 0 Å². The standard InChI is InChI=1S/C17H26O2/c1-16(2,3)14-8-6-13(7-9-14)10-11-17(4,5)12-15(18)19/h6-9H,10-12H2,1-5H3,(H,18,19). The summed E-state index contributed by atoms with van der Waals surface area (Å²) in [5.41, 5.74) is 2.66. The van der Waals surface area contributed by atoms with Crippen molar-refractivity contribution in [3.8, 4) is 0 Å². The number of carboxylic acid groups (broad SMARTS) is 1. The summed E-state index contributed by atoms with van der Waals surface area (Å²) in [7, 11) is 0. The van der Waals surface area contributed by atoms with Gasteiger partial charge in [-0.2, -0.15) is 0 Å². The van der Waals surface area contributed by atoms with Gasteiger partial charge in [-0.25, -0.2) is 0 Å². The third-order valence-electron chi connectivity index (χ3n) is 3.54. The molecular formula is C17H26O2. The number of hydrogen-bond acceptors (Lipinski definition) is 1. The fraction of sp³-hybridized carbons (Fsp3) is 0.588. The maximum Gasteiger partial charge on any atom is 0.303 e. The SMILES string of the molecule is CC(C)(CCc1ccc(C(C)(C)C)cc1)CC(=O)O. The van der Waals surface area contributed by atoms with Gasteiger partial charge in [0.1, 0.15) is 0 Å². The van der Waals surface area contributed by atoms with E-state index in [4.69, 9.17) is 5.11 Å². The highest BCUT2D eigenvalue weighted by Gasteiger charge is 2.21. The molecule has 0 atom stereocenters. The second kappa shape index (κ2) is 5.77. The molecule has 2 heteroatoms. The van der Waals surface area contributed by atoms with Gasteiger partial charge in [-0.1, -0.05) is 58.9 Å². The highest BCUT2D eigenvalue weighted by Crippen LogP contribution is 2.28. The Morgan fingerprint density at radius 1 is 1.05 bits per heavy atom. The van der Waals surface area contributed by atoms with E-state index in [1.807, 2.05) is 13.8 Å². The van der Waals surface area contributed by atoms with E-state index in [1.165, 1.54) is 11.1 Å². The Hall–Kier alpha value is -1.31. The molecule has 0 saturated carbocycles. The first-order valence-corrected chi connectivity index (χ1v) is 6.91. The Morgan fingerprint density at radius 3 is 2.00 bits per heavy atom. The molecule has 19 heavy (non-hydrogen) atoms. The zero-order valence-corrected chi connectivity index (χ0v) is 12.8. The summed E-state index contributed by atoms with van der Waals surface area (Å²) in [6.07, 6.45) is 2.06. The molecule has 0 fully saturated rings. The number of hydrogen-bond donors (Lipinski definition) is 1. The lowest BCUT2D eigenvalue weighted by atomic mass is 9.82. The number of aliphatic carboxylic acids is 1. The molecule has 0 aromatic heterocycles. The van der Waals surface area contributed by atoms with Gasteiger partial charge < -0.3 is 5.11 Å². The van der Waals surface area contributed by atoms with Crippen LogP contribution in [-0.2, 0) is 16.6 Å². The number of benzene rings is 1. The Labute approximate surface area is 116 Å². The molecule has 0 heterocycles. The normalized spacial score (nSPS) is 12.5. The molecule has 0 aliphatic rings. The van der Waals surface area contributed by atoms with Crippen molar-refractivity contribution in [3.63, 3.8) is 0 Å². The van der Waals surface area contributed by atoms with Gasteiger partial charge in [0, 0.05) is 0 Å². The second-order valence-corrected chi connectivity index (χ2v) is 7.18. The summed E-state index contributed by atoms with van der Waals surface area (Å²) < 4.78 is 0. The van der Waals surface area contributed by atoms with E-state index < -0.39 is 5.97 Å². The zero-order valence-electron chi connectivity index (χ0n) is 12.8. The van der Waals surface area contributed by atoms with Crippen molar-refractivity contribution in [3.05, 3.63) is 35.4 Å². The van der Waals surface area contributed by atoms with Crippen molar-refractivity contribution >= 4 is 5.97 Å². The van der Waals surface area contributed by atoms with E-state index >= 15 is 0 Å². The minimum absolute atomic E-state index is 0.144. The highest BCUT2D eigenvalue weighted by atomic mass is 16.4. The fourth-order valence-electron chi connectivity index (χ4n) is 2.15. The van der Waals surface area contributed by atoms with E-state index in [0.717, 1.165) is 12.8 Å². The van der Waals surface area contributed by atoms with Gasteiger partial charge >= 0.3 is 5.97 Å². The highest BCUT2D eigenvalue weighted by molar-refractivity contribution is 5.67. The van der Waals surface area contributed by atoms with E-state index in [-0.39, 0.29) is 17.3 Å². The molecule has 0 amide bonds. The largest absolute Gasteiger partial charge is 0.481 e. The van der Waals surface area contributed by atoms with E-state index in [0.29, 0.717) is 0 Å². The Morgan fingerprint density at radius 2 is 1.58 bits per heavy atom. The summed E-state index contributed by atoms with van der Waals surface area (Å²) in [4.78, 5) is 10.8. The lowest BCUT2D eigenvalue weighted by Gasteiger charge is -2.23. The molecule has 0 saturated heterocycles. The maximum atomic E-state index is 10.8. The summed E-state index contributed by atoms with van der Waals surface area (Å²) in [6, 6.07) is 8.69. The smallest absolute Gasteiger partial charge is 0.303 e. The Bertz CT molecular complexity index is 422. The summed E-state index contributed by atoms with van der Waals surface area (Å²) in [5.74, 6) is -0.715. The van der Waals surface area contributed by atoms with Crippen LogP contribution in [0.2, 0.25) is 0 Å². The van der Waals surface area contributed by atoms with Crippen molar-refractivity contribution < 1.29 is 9.90 Å². The van der Waals surface area contributed by atoms with E-state index in [2.05, 4.69) is 45.0 Å². The summed E-state index contributed by atoms with van der Waals surface area (Å²) >= 11 is 0. The molecule has 1 aromatic rings. The Balaban J connectivity index is 2.62. The zero-order chi connectivity index (χ0) is 14.7. The van der Waals surface area contributed by atoms with Crippen LogP contribution in [0.25, 0.3) is 0 Å². The van der Waals surface area contributed by atoms with Gasteiger partial charge in [-0.3, -0.25) is 4.79 Å². The van der Waals surface area contributed by atoms with Crippen LogP contribution in [0.4, 0.5) is 0 Å². The second-order valence-electron chi connectivity index (χ2n) is 7.18. The first-order valence-electron chi connectivity index (χ1n) is 6.91. The van der Waals surface area contributed by atoms with Gasteiger partial charge in [-0.05, 0) is 34.8 Å². The monoisotopic (exact) mass is 262 g/mol. The van der Waals surface area contributed by atoms with Crippen LogP contribution in [0.5, 0.6) is 0 Å². The Kier molecular flexibility index (Phi) is 4.78. The topological polar surface area (TPSA) is 37.3 Å².